The van der Waals surface area contributed by atoms with E-state index in [4.69, 9.17) is 0 Å². The van der Waals surface area contributed by atoms with Crippen molar-refractivity contribution in [2.75, 3.05) is 0 Å². The number of rotatable bonds is 4. The normalized spacial score (nSPS) is 20.9. The predicted octanol–water partition coefficient (Wildman–Crippen LogP) is 2.79. The number of carbonyl (C=O) groups excluding carboxylic acids is 1. The van der Waals surface area contributed by atoms with E-state index in [0.717, 1.165) is 18.8 Å². The third-order valence-electron chi connectivity index (χ3n) is 2.91. The van der Waals surface area contributed by atoms with Crippen LogP contribution >= 0.6 is 0 Å². The molecule has 0 radical (unpaired) electrons. The van der Waals surface area contributed by atoms with Gasteiger partial charge in [0, 0.05) is 5.92 Å². The molecule has 1 aliphatic carbocycles. The molecule has 1 rings (SSSR count). The summed E-state index contributed by atoms with van der Waals surface area (Å²) in [6.07, 6.45) is 6.31. The Hall–Kier alpha value is -0.330. The van der Waals surface area contributed by atoms with Crippen LogP contribution in [0.3, 0.4) is 0 Å². The third-order valence-corrected chi connectivity index (χ3v) is 2.91. The van der Waals surface area contributed by atoms with Crippen molar-refractivity contribution in [3.63, 3.8) is 0 Å². The summed E-state index contributed by atoms with van der Waals surface area (Å²) < 4.78 is 0. The standard InChI is InChI=1S/C10H18O/c1-3-10(8(2)11)7-9-5-4-6-9/h9-10H,3-7H2,1-2H3. The second-order valence-corrected chi connectivity index (χ2v) is 3.75. The second-order valence-electron chi connectivity index (χ2n) is 3.75. The van der Waals surface area contributed by atoms with Crippen molar-refractivity contribution in [2.45, 2.75) is 46.0 Å². The Labute approximate surface area is 69.2 Å². The van der Waals surface area contributed by atoms with Crippen LogP contribution in [-0.4, -0.2) is 5.78 Å². The van der Waals surface area contributed by atoms with Crippen LogP contribution in [0.4, 0.5) is 0 Å². The highest BCUT2D eigenvalue weighted by molar-refractivity contribution is 5.78. The molecule has 1 fully saturated rings. The van der Waals surface area contributed by atoms with Gasteiger partial charge in [0.2, 0.25) is 0 Å². The van der Waals surface area contributed by atoms with E-state index in [2.05, 4.69) is 6.92 Å². The molecule has 64 valence electrons. The molecule has 0 amide bonds. The fourth-order valence-electron chi connectivity index (χ4n) is 1.75. The van der Waals surface area contributed by atoms with Gasteiger partial charge in [-0.25, -0.2) is 0 Å². The fourth-order valence-corrected chi connectivity index (χ4v) is 1.75. The monoisotopic (exact) mass is 154 g/mol. The molecule has 0 N–H and O–H groups in total. The zero-order chi connectivity index (χ0) is 8.27. The van der Waals surface area contributed by atoms with Crippen molar-refractivity contribution in [1.82, 2.24) is 0 Å². The van der Waals surface area contributed by atoms with E-state index in [9.17, 15) is 4.79 Å². The average Bonchev–Trinajstić information content (AvgIpc) is 1.85. The summed E-state index contributed by atoms with van der Waals surface area (Å²) in [6.45, 7) is 3.84. The number of ketones is 1. The van der Waals surface area contributed by atoms with Crippen molar-refractivity contribution < 1.29 is 4.79 Å². The predicted molar refractivity (Wildman–Crippen MR) is 46.4 cm³/mol. The van der Waals surface area contributed by atoms with Gasteiger partial charge in [0.05, 0.1) is 0 Å². The Morgan fingerprint density at radius 3 is 2.45 bits per heavy atom. The quantitative estimate of drug-likeness (QED) is 0.608. The second kappa shape index (κ2) is 3.89. The summed E-state index contributed by atoms with van der Waals surface area (Å²) in [4.78, 5) is 11.1. The Morgan fingerprint density at radius 1 is 1.55 bits per heavy atom. The summed E-state index contributed by atoms with van der Waals surface area (Å²) in [5, 5.41) is 0. The molecule has 1 unspecified atom stereocenters. The minimum atomic E-state index is 0.361. The van der Waals surface area contributed by atoms with E-state index in [0.29, 0.717) is 11.7 Å². The van der Waals surface area contributed by atoms with Crippen molar-refractivity contribution >= 4 is 5.78 Å². The first-order valence-electron chi connectivity index (χ1n) is 4.74. The molecule has 0 aromatic rings. The highest BCUT2D eigenvalue weighted by Gasteiger charge is 2.23. The van der Waals surface area contributed by atoms with E-state index in [1.807, 2.05) is 0 Å². The van der Waals surface area contributed by atoms with Crippen LogP contribution in [0.15, 0.2) is 0 Å². The lowest BCUT2D eigenvalue weighted by Gasteiger charge is -2.28. The molecule has 1 nitrogen and oxygen atoms in total. The average molecular weight is 154 g/mol. The minimum absolute atomic E-state index is 0.361. The highest BCUT2D eigenvalue weighted by Crippen LogP contribution is 2.33. The van der Waals surface area contributed by atoms with Crippen LogP contribution in [0.1, 0.15) is 46.0 Å². The lowest BCUT2D eigenvalue weighted by atomic mass is 9.77. The summed E-state index contributed by atoms with van der Waals surface area (Å²) in [5.74, 6) is 1.63. The minimum Gasteiger partial charge on any atom is -0.300 e. The Balaban J connectivity index is 2.24. The Kier molecular flexibility index (Phi) is 3.10. The van der Waals surface area contributed by atoms with Crippen molar-refractivity contribution in [3.05, 3.63) is 0 Å². The SMILES string of the molecule is CCC(CC1CCC1)C(C)=O. The van der Waals surface area contributed by atoms with Gasteiger partial charge < -0.3 is 0 Å². The number of hydrogen-bond donors (Lipinski definition) is 0. The van der Waals surface area contributed by atoms with Gasteiger partial charge in [-0.1, -0.05) is 26.2 Å². The topological polar surface area (TPSA) is 17.1 Å². The van der Waals surface area contributed by atoms with Crippen molar-refractivity contribution in [3.8, 4) is 0 Å². The molecule has 11 heavy (non-hydrogen) atoms. The van der Waals surface area contributed by atoms with E-state index in [-0.39, 0.29) is 0 Å². The number of carbonyl (C=O) groups is 1. The summed E-state index contributed by atoms with van der Waals surface area (Å²) in [5.41, 5.74) is 0. The van der Waals surface area contributed by atoms with Gasteiger partial charge in [0.1, 0.15) is 5.78 Å². The Bertz CT molecular complexity index is 136. The molecule has 0 aromatic heterocycles. The summed E-state index contributed by atoms with van der Waals surface area (Å²) in [7, 11) is 0. The lowest BCUT2D eigenvalue weighted by molar-refractivity contribution is -0.121. The van der Waals surface area contributed by atoms with Crippen LogP contribution in [-0.2, 0) is 4.79 Å². The molecule has 0 bridgehead atoms. The lowest BCUT2D eigenvalue weighted by Crippen LogP contribution is -2.19. The first kappa shape index (κ1) is 8.76. The van der Waals surface area contributed by atoms with Gasteiger partial charge in [-0.3, -0.25) is 4.79 Å². The largest absolute Gasteiger partial charge is 0.300 e. The number of hydrogen-bond acceptors (Lipinski definition) is 1. The van der Waals surface area contributed by atoms with Crippen molar-refractivity contribution in [2.24, 2.45) is 11.8 Å². The number of Topliss-reactive ketones (excluding diaryl/α,β-unsaturated/α-hetero) is 1. The maximum atomic E-state index is 11.1. The highest BCUT2D eigenvalue weighted by atomic mass is 16.1. The summed E-state index contributed by atoms with van der Waals surface area (Å²) in [6, 6.07) is 0. The smallest absolute Gasteiger partial charge is 0.132 e. The zero-order valence-electron chi connectivity index (χ0n) is 7.60. The maximum Gasteiger partial charge on any atom is 0.132 e. The van der Waals surface area contributed by atoms with Crippen LogP contribution < -0.4 is 0 Å². The van der Waals surface area contributed by atoms with E-state index in [1.165, 1.54) is 19.3 Å². The first-order chi connectivity index (χ1) is 5.24. The van der Waals surface area contributed by atoms with Crippen LogP contribution in [0.5, 0.6) is 0 Å². The molecule has 0 aliphatic heterocycles. The van der Waals surface area contributed by atoms with Gasteiger partial charge in [0.25, 0.3) is 0 Å². The molecule has 0 heterocycles. The van der Waals surface area contributed by atoms with Gasteiger partial charge in [-0.2, -0.15) is 0 Å². The maximum absolute atomic E-state index is 11.1. The van der Waals surface area contributed by atoms with E-state index >= 15 is 0 Å². The molecule has 1 heteroatoms. The van der Waals surface area contributed by atoms with E-state index < -0.39 is 0 Å². The van der Waals surface area contributed by atoms with Gasteiger partial charge >= 0.3 is 0 Å². The van der Waals surface area contributed by atoms with Gasteiger partial charge in [0.15, 0.2) is 0 Å². The van der Waals surface area contributed by atoms with Gasteiger partial charge in [-0.05, 0) is 25.7 Å². The Morgan fingerprint density at radius 2 is 2.18 bits per heavy atom. The third kappa shape index (κ3) is 2.32. The van der Waals surface area contributed by atoms with E-state index in [1.54, 1.807) is 6.92 Å². The molecule has 0 aromatic carbocycles. The summed E-state index contributed by atoms with van der Waals surface area (Å²) >= 11 is 0. The molecule has 0 saturated heterocycles. The fraction of sp³-hybridized carbons (Fsp3) is 0.900. The molecular weight excluding hydrogens is 136 g/mol. The molecular formula is C10H18O. The van der Waals surface area contributed by atoms with Crippen LogP contribution in [0.2, 0.25) is 0 Å². The molecule has 1 saturated carbocycles. The zero-order valence-corrected chi connectivity index (χ0v) is 7.60. The first-order valence-corrected chi connectivity index (χ1v) is 4.74. The van der Waals surface area contributed by atoms with Crippen LogP contribution in [0, 0.1) is 11.8 Å². The van der Waals surface area contributed by atoms with Crippen molar-refractivity contribution in [1.29, 1.82) is 0 Å². The molecule has 1 atom stereocenters. The molecule has 1 aliphatic rings. The molecule has 0 spiro atoms. The van der Waals surface area contributed by atoms with Crippen LogP contribution in [0.25, 0.3) is 0 Å². The van der Waals surface area contributed by atoms with Gasteiger partial charge in [-0.15, -0.1) is 0 Å².